The van der Waals surface area contributed by atoms with Gasteiger partial charge in [-0.05, 0) is 37.1 Å². The second kappa shape index (κ2) is 10.4. The molecule has 7 heteroatoms. The van der Waals surface area contributed by atoms with Crippen molar-refractivity contribution in [1.82, 2.24) is 10.4 Å². The van der Waals surface area contributed by atoms with Crippen molar-refractivity contribution in [1.29, 1.82) is 0 Å². The number of amides is 3. The van der Waals surface area contributed by atoms with Gasteiger partial charge in [-0.3, -0.25) is 19.6 Å². The molecule has 132 valence electrons. The van der Waals surface area contributed by atoms with Crippen LogP contribution < -0.4 is 10.8 Å². The normalized spacial score (nSPS) is 10.1. The van der Waals surface area contributed by atoms with Crippen molar-refractivity contribution in [3.63, 3.8) is 0 Å². The van der Waals surface area contributed by atoms with E-state index < -0.39 is 0 Å². The van der Waals surface area contributed by atoms with E-state index in [2.05, 4.69) is 5.32 Å². The van der Waals surface area contributed by atoms with Gasteiger partial charge in [0.25, 0.3) is 5.91 Å². The minimum Gasteiger partial charge on any atom is -0.345 e. The van der Waals surface area contributed by atoms with Crippen LogP contribution in [0.4, 0.5) is 5.69 Å². The molecule has 0 radical (unpaired) electrons. The van der Waals surface area contributed by atoms with Crippen LogP contribution >= 0.6 is 0 Å². The molecule has 0 heterocycles. The number of hydrogen-bond donors (Lipinski definition) is 3. The molecule has 0 atom stereocenters. The summed E-state index contributed by atoms with van der Waals surface area (Å²) in [4.78, 5) is 35.9. The molecule has 1 rings (SSSR count). The SMILES string of the molecule is CN(C)C(=O)c1ccc(NC(=O)CCCCCCC(=O)NO)cc1. The molecule has 0 saturated carbocycles. The monoisotopic (exact) mass is 335 g/mol. The maximum absolute atomic E-state index is 11.8. The number of hydroxylamine groups is 1. The van der Waals surface area contributed by atoms with E-state index in [1.54, 1.807) is 43.8 Å². The third kappa shape index (κ3) is 7.23. The third-order valence-electron chi connectivity index (χ3n) is 3.50. The van der Waals surface area contributed by atoms with Gasteiger partial charge < -0.3 is 10.2 Å². The zero-order valence-corrected chi connectivity index (χ0v) is 14.2. The smallest absolute Gasteiger partial charge is 0.253 e. The van der Waals surface area contributed by atoms with Crippen LogP contribution in [0.1, 0.15) is 48.9 Å². The first kappa shape index (κ1) is 19.6. The maximum Gasteiger partial charge on any atom is 0.253 e. The van der Waals surface area contributed by atoms with Gasteiger partial charge >= 0.3 is 0 Å². The van der Waals surface area contributed by atoms with Crippen LogP contribution in [0.15, 0.2) is 24.3 Å². The summed E-state index contributed by atoms with van der Waals surface area (Å²) in [6.45, 7) is 0. The Kier molecular flexibility index (Phi) is 8.49. The molecule has 0 unspecified atom stereocenters. The Balaban J connectivity index is 2.25. The van der Waals surface area contributed by atoms with E-state index in [1.807, 2.05) is 0 Å². The zero-order valence-electron chi connectivity index (χ0n) is 14.2. The van der Waals surface area contributed by atoms with Crippen molar-refractivity contribution >= 4 is 23.4 Å². The molecule has 3 amide bonds. The number of carbonyl (C=O) groups excluding carboxylic acids is 3. The van der Waals surface area contributed by atoms with Crippen LogP contribution in [-0.2, 0) is 9.59 Å². The van der Waals surface area contributed by atoms with E-state index in [1.165, 1.54) is 4.90 Å². The highest BCUT2D eigenvalue weighted by Gasteiger charge is 2.08. The summed E-state index contributed by atoms with van der Waals surface area (Å²) >= 11 is 0. The van der Waals surface area contributed by atoms with Gasteiger partial charge in [0.15, 0.2) is 0 Å². The number of nitrogens with zero attached hydrogens (tertiary/aromatic N) is 1. The second-order valence-corrected chi connectivity index (χ2v) is 5.77. The summed E-state index contributed by atoms with van der Waals surface area (Å²) in [5, 5.41) is 11.1. The zero-order chi connectivity index (χ0) is 17.9. The number of nitrogens with one attached hydrogen (secondary N) is 2. The molecule has 1 aromatic carbocycles. The quantitative estimate of drug-likeness (QED) is 0.366. The Hall–Kier alpha value is -2.41. The lowest BCUT2D eigenvalue weighted by atomic mass is 10.1. The van der Waals surface area contributed by atoms with Crippen molar-refractivity contribution in [3.8, 4) is 0 Å². The summed E-state index contributed by atoms with van der Waals surface area (Å²) in [6, 6.07) is 6.79. The highest BCUT2D eigenvalue weighted by molar-refractivity contribution is 5.95. The lowest BCUT2D eigenvalue weighted by Crippen LogP contribution is -2.21. The average molecular weight is 335 g/mol. The summed E-state index contributed by atoms with van der Waals surface area (Å²) < 4.78 is 0. The topological polar surface area (TPSA) is 98.7 Å². The predicted octanol–water partition coefficient (Wildman–Crippen LogP) is 2.17. The molecule has 3 N–H and O–H groups in total. The molecule has 0 spiro atoms. The number of rotatable bonds is 9. The lowest BCUT2D eigenvalue weighted by molar-refractivity contribution is -0.129. The fourth-order valence-corrected chi connectivity index (χ4v) is 2.16. The fourth-order valence-electron chi connectivity index (χ4n) is 2.16. The highest BCUT2D eigenvalue weighted by Crippen LogP contribution is 2.12. The van der Waals surface area contributed by atoms with Crippen LogP contribution in [-0.4, -0.2) is 41.9 Å². The minimum atomic E-state index is -0.385. The Morgan fingerprint density at radius 3 is 1.96 bits per heavy atom. The number of benzene rings is 1. The van der Waals surface area contributed by atoms with Gasteiger partial charge in [-0.1, -0.05) is 12.8 Å². The first-order valence-electron chi connectivity index (χ1n) is 7.98. The molecule has 7 nitrogen and oxygen atoms in total. The molecule has 0 fully saturated rings. The fraction of sp³-hybridized carbons (Fsp3) is 0.471. The largest absolute Gasteiger partial charge is 0.345 e. The van der Waals surface area contributed by atoms with Gasteiger partial charge in [0, 0.05) is 38.2 Å². The second-order valence-electron chi connectivity index (χ2n) is 5.77. The Morgan fingerprint density at radius 2 is 1.46 bits per heavy atom. The van der Waals surface area contributed by atoms with Gasteiger partial charge in [-0.2, -0.15) is 0 Å². The van der Waals surface area contributed by atoms with E-state index in [4.69, 9.17) is 5.21 Å². The van der Waals surface area contributed by atoms with Gasteiger partial charge in [-0.15, -0.1) is 0 Å². The molecular formula is C17H25N3O4. The summed E-state index contributed by atoms with van der Waals surface area (Å²) in [6.07, 6.45) is 3.81. The first-order valence-corrected chi connectivity index (χ1v) is 7.98. The predicted molar refractivity (Wildman–Crippen MR) is 90.7 cm³/mol. The van der Waals surface area contributed by atoms with E-state index >= 15 is 0 Å². The third-order valence-corrected chi connectivity index (χ3v) is 3.50. The first-order chi connectivity index (χ1) is 11.4. The molecule has 0 aliphatic heterocycles. The minimum absolute atomic E-state index is 0.0743. The summed E-state index contributed by atoms with van der Waals surface area (Å²) in [7, 11) is 3.38. The van der Waals surface area contributed by atoms with Crippen LogP contribution in [0.5, 0.6) is 0 Å². The molecular weight excluding hydrogens is 310 g/mol. The molecule has 0 bridgehead atoms. The molecule has 1 aromatic rings. The maximum atomic E-state index is 11.8. The van der Waals surface area contributed by atoms with Crippen molar-refractivity contribution in [2.45, 2.75) is 38.5 Å². The number of unbranched alkanes of at least 4 members (excludes halogenated alkanes) is 3. The number of anilines is 1. The van der Waals surface area contributed by atoms with Crippen LogP contribution in [0, 0.1) is 0 Å². The molecule has 0 aromatic heterocycles. The van der Waals surface area contributed by atoms with Crippen LogP contribution in [0.25, 0.3) is 0 Å². The summed E-state index contributed by atoms with van der Waals surface area (Å²) in [5.41, 5.74) is 2.83. The van der Waals surface area contributed by atoms with Gasteiger partial charge in [0.1, 0.15) is 0 Å². The standard InChI is InChI=1S/C17H25N3O4/c1-20(2)17(23)13-9-11-14(12-10-13)18-15(21)7-5-3-4-6-8-16(22)19-24/h9-12,24H,3-8H2,1-2H3,(H,18,21)(H,19,22). The van der Waals surface area contributed by atoms with Gasteiger partial charge in [0.2, 0.25) is 11.8 Å². The number of carbonyl (C=O) groups is 3. The van der Waals surface area contributed by atoms with E-state index in [0.717, 1.165) is 19.3 Å². The molecule has 0 aliphatic rings. The van der Waals surface area contributed by atoms with Crippen LogP contribution in [0.3, 0.4) is 0 Å². The summed E-state index contributed by atoms with van der Waals surface area (Å²) in [5.74, 6) is -0.540. The van der Waals surface area contributed by atoms with E-state index in [0.29, 0.717) is 30.5 Å². The lowest BCUT2D eigenvalue weighted by Gasteiger charge is -2.11. The van der Waals surface area contributed by atoms with E-state index in [-0.39, 0.29) is 17.7 Å². The van der Waals surface area contributed by atoms with Crippen molar-refractivity contribution in [2.24, 2.45) is 0 Å². The highest BCUT2D eigenvalue weighted by atomic mass is 16.5. The van der Waals surface area contributed by atoms with Crippen molar-refractivity contribution in [3.05, 3.63) is 29.8 Å². The number of hydrogen-bond acceptors (Lipinski definition) is 4. The Morgan fingerprint density at radius 1 is 0.917 bits per heavy atom. The Labute approximate surface area is 142 Å². The van der Waals surface area contributed by atoms with Crippen LogP contribution in [0.2, 0.25) is 0 Å². The molecule has 0 aliphatic carbocycles. The van der Waals surface area contributed by atoms with Gasteiger partial charge in [0.05, 0.1) is 0 Å². The van der Waals surface area contributed by atoms with Crippen molar-refractivity contribution < 1.29 is 19.6 Å². The molecule has 24 heavy (non-hydrogen) atoms. The molecule has 0 saturated heterocycles. The van der Waals surface area contributed by atoms with Crippen molar-refractivity contribution in [2.75, 3.05) is 19.4 Å². The van der Waals surface area contributed by atoms with Gasteiger partial charge in [-0.25, -0.2) is 5.48 Å². The Bertz CT molecular complexity index is 555. The average Bonchev–Trinajstić information content (AvgIpc) is 2.57. The van der Waals surface area contributed by atoms with E-state index in [9.17, 15) is 14.4 Å².